The third-order valence-electron chi connectivity index (χ3n) is 4.46. The molecule has 0 N–H and O–H groups in total. The molecule has 3 atom stereocenters. The van der Waals surface area contributed by atoms with E-state index in [0.29, 0.717) is 18.1 Å². The van der Waals surface area contributed by atoms with Crippen LogP contribution in [0.2, 0.25) is 0 Å². The topological polar surface area (TPSA) is 12.5 Å². The highest BCUT2D eigenvalue weighted by Gasteiger charge is 2.23. The van der Waals surface area contributed by atoms with Crippen LogP contribution in [0.3, 0.4) is 0 Å². The molecule has 2 aromatic carbocycles. The minimum atomic E-state index is 0.358. The molecule has 1 fully saturated rings. The van der Waals surface area contributed by atoms with Crippen LogP contribution in [0.5, 0.6) is 0 Å². The zero-order valence-corrected chi connectivity index (χ0v) is 14.0. The molecule has 118 valence electrons. The second-order valence-corrected chi connectivity index (χ2v) is 6.97. The minimum absolute atomic E-state index is 0.358. The summed E-state index contributed by atoms with van der Waals surface area (Å²) in [5.74, 6) is 0.665. The van der Waals surface area contributed by atoms with Crippen molar-refractivity contribution >= 4 is 10.8 Å². The Kier molecular flexibility index (Phi) is 4.80. The Balaban J connectivity index is 1.61. The summed E-state index contributed by atoms with van der Waals surface area (Å²) < 4.78 is 5.82. The van der Waals surface area contributed by atoms with Crippen LogP contribution in [-0.2, 0) is 11.2 Å². The highest BCUT2D eigenvalue weighted by molar-refractivity contribution is 5.82. The molecule has 1 aliphatic rings. The van der Waals surface area contributed by atoms with Gasteiger partial charge in [0.25, 0.3) is 0 Å². The molecule has 1 unspecified atom stereocenters. The van der Waals surface area contributed by atoms with Gasteiger partial charge in [0.05, 0.1) is 12.2 Å². The van der Waals surface area contributed by atoms with Crippen molar-refractivity contribution in [1.82, 2.24) is 4.90 Å². The summed E-state index contributed by atoms with van der Waals surface area (Å²) in [6, 6.07) is 15.5. The van der Waals surface area contributed by atoms with Crippen LogP contribution in [-0.4, -0.2) is 36.7 Å². The van der Waals surface area contributed by atoms with Crippen molar-refractivity contribution < 1.29 is 4.74 Å². The van der Waals surface area contributed by atoms with Crippen molar-refractivity contribution in [3.63, 3.8) is 0 Å². The first-order valence-electron chi connectivity index (χ1n) is 8.45. The second kappa shape index (κ2) is 6.80. The van der Waals surface area contributed by atoms with Crippen molar-refractivity contribution in [1.29, 1.82) is 0 Å². The maximum Gasteiger partial charge on any atom is 0.0678 e. The van der Waals surface area contributed by atoms with Gasteiger partial charge in [0.2, 0.25) is 0 Å². The quantitative estimate of drug-likeness (QED) is 0.841. The van der Waals surface area contributed by atoms with Crippen LogP contribution in [0.4, 0.5) is 0 Å². The number of morpholine rings is 1. The molecule has 0 radical (unpaired) electrons. The smallest absolute Gasteiger partial charge is 0.0678 e. The Morgan fingerprint density at radius 1 is 1.05 bits per heavy atom. The third kappa shape index (κ3) is 3.88. The molecule has 3 rings (SSSR count). The third-order valence-corrected chi connectivity index (χ3v) is 4.46. The van der Waals surface area contributed by atoms with Gasteiger partial charge < -0.3 is 4.74 Å². The predicted octanol–water partition coefficient (Wildman–Crippen LogP) is 4.13. The molecule has 0 amide bonds. The maximum atomic E-state index is 5.82. The van der Waals surface area contributed by atoms with Gasteiger partial charge in [-0.2, -0.15) is 0 Å². The van der Waals surface area contributed by atoms with Crippen molar-refractivity contribution in [2.75, 3.05) is 19.6 Å². The number of hydrogen-bond donors (Lipinski definition) is 0. The van der Waals surface area contributed by atoms with Crippen molar-refractivity contribution in [3.8, 4) is 0 Å². The van der Waals surface area contributed by atoms with E-state index < -0.39 is 0 Å². The lowest BCUT2D eigenvalue weighted by molar-refractivity contribution is -0.0708. The SMILES string of the molecule is CC(Cc1ccc2ccccc2c1)CN1C[C@@H](C)O[C@@H](C)C1. The Morgan fingerprint density at radius 2 is 1.73 bits per heavy atom. The summed E-state index contributed by atoms with van der Waals surface area (Å²) in [5, 5.41) is 2.68. The van der Waals surface area contributed by atoms with Crippen LogP contribution in [0.15, 0.2) is 42.5 Å². The fourth-order valence-corrected chi connectivity index (χ4v) is 3.71. The zero-order chi connectivity index (χ0) is 15.5. The van der Waals surface area contributed by atoms with E-state index in [2.05, 4.69) is 68.1 Å². The normalized spacial score (nSPS) is 24.5. The summed E-state index contributed by atoms with van der Waals surface area (Å²) in [7, 11) is 0. The Bertz CT molecular complexity index is 614. The molecule has 1 saturated heterocycles. The van der Waals surface area contributed by atoms with E-state index in [1.807, 2.05) is 0 Å². The highest BCUT2D eigenvalue weighted by atomic mass is 16.5. The first-order chi connectivity index (χ1) is 10.6. The molecule has 1 heterocycles. The van der Waals surface area contributed by atoms with Gasteiger partial charge in [-0.15, -0.1) is 0 Å². The van der Waals surface area contributed by atoms with Crippen molar-refractivity contribution in [2.45, 2.75) is 39.4 Å². The summed E-state index contributed by atoms with van der Waals surface area (Å²) >= 11 is 0. The molecular formula is C20H27NO. The lowest BCUT2D eigenvalue weighted by Crippen LogP contribution is -2.47. The summed E-state index contributed by atoms with van der Waals surface area (Å²) in [4.78, 5) is 2.56. The number of fused-ring (bicyclic) bond motifs is 1. The Labute approximate surface area is 134 Å². The largest absolute Gasteiger partial charge is 0.373 e. The van der Waals surface area contributed by atoms with E-state index in [9.17, 15) is 0 Å². The van der Waals surface area contributed by atoms with E-state index in [-0.39, 0.29) is 0 Å². The number of benzene rings is 2. The van der Waals surface area contributed by atoms with E-state index >= 15 is 0 Å². The van der Waals surface area contributed by atoms with Gasteiger partial charge in [0.1, 0.15) is 0 Å². The van der Waals surface area contributed by atoms with Crippen molar-refractivity contribution in [2.24, 2.45) is 5.92 Å². The van der Waals surface area contributed by atoms with Crippen molar-refractivity contribution in [3.05, 3.63) is 48.0 Å². The van der Waals surface area contributed by atoms with Gasteiger partial charge in [-0.25, -0.2) is 0 Å². The van der Waals surface area contributed by atoms with E-state index in [1.165, 1.54) is 16.3 Å². The van der Waals surface area contributed by atoms with Crippen LogP contribution >= 0.6 is 0 Å². The molecule has 2 aromatic rings. The van der Waals surface area contributed by atoms with Gasteiger partial charge in [0.15, 0.2) is 0 Å². The minimum Gasteiger partial charge on any atom is -0.373 e. The monoisotopic (exact) mass is 297 g/mol. The first kappa shape index (κ1) is 15.5. The molecule has 1 aliphatic heterocycles. The molecular weight excluding hydrogens is 270 g/mol. The standard InChI is InChI=1S/C20H27NO/c1-15(12-21-13-16(2)22-17(3)14-21)10-18-8-9-19-6-4-5-7-20(19)11-18/h4-9,11,15-17H,10,12-14H2,1-3H3/t15?,16-,17+. The van der Waals surface area contributed by atoms with Crippen LogP contribution in [0.1, 0.15) is 26.3 Å². The van der Waals surface area contributed by atoms with Crippen LogP contribution in [0.25, 0.3) is 10.8 Å². The lowest BCUT2D eigenvalue weighted by atomic mass is 9.97. The summed E-state index contributed by atoms with van der Waals surface area (Å²) in [5.41, 5.74) is 1.44. The molecule has 2 nitrogen and oxygen atoms in total. The van der Waals surface area contributed by atoms with Gasteiger partial charge in [-0.3, -0.25) is 4.90 Å². The summed E-state index contributed by atoms with van der Waals surface area (Å²) in [6.07, 6.45) is 1.86. The maximum absolute atomic E-state index is 5.82. The number of hydrogen-bond acceptors (Lipinski definition) is 2. The molecule has 0 spiro atoms. The lowest BCUT2D eigenvalue weighted by Gasteiger charge is -2.36. The zero-order valence-electron chi connectivity index (χ0n) is 14.0. The van der Waals surface area contributed by atoms with Gasteiger partial charge >= 0.3 is 0 Å². The number of rotatable bonds is 4. The molecule has 0 aliphatic carbocycles. The molecule has 22 heavy (non-hydrogen) atoms. The first-order valence-corrected chi connectivity index (χ1v) is 8.45. The van der Waals surface area contributed by atoms with Gasteiger partial charge in [0, 0.05) is 19.6 Å². The van der Waals surface area contributed by atoms with Crippen LogP contribution < -0.4 is 0 Å². The second-order valence-electron chi connectivity index (χ2n) is 6.97. The number of ether oxygens (including phenoxy) is 1. The molecule has 0 aromatic heterocycles. The van der Waals surface area contributed by atoms with E-state index in [1.54, 1.807) is 0 Å². The van der Waals surface area contributed by atoms with Gasteiger partial charge in [-0.05, 0) is 42.5 Å². The molecule has 0 bridgehead atoms. The van der Waals surface area contributed by atoms with E-state index in [0.717, 1.165) is 26.1 Å². The van der Waals surface area contributed by atoms with E-state index in [4.69, 9.17) is 4.74 Å². The van der Waals surface area contributed by atoms with Gasteiger partial charge in [-0.1, -0.05) is 49.4 Å². The van der Waals surface area contributed by atoms with Crippen LogP contribution in [0, 0.1) is 5.92 Å². The average molecular weight is 297 g/mol. The Hall–Kier alpha value is -1.38. The Morgan fingerprint density at radius 3 is 2.45 bits per heavy atom. The highest BCUT2D eigenvalue weighted by Crippen LogP contribution is 2.19. The fourth-order valence-electron chi connectivity index (χ4n) is 3.71. The molecule has 0 saturated carbocycles. The fraction of sp³-hybridized carbons (Fsp3) is 0.500. The average Bonchev–Trinajstić information content (AvgIpc) is 2.45. The number of nitrogens with zero attached hydrogens (tertiary/aromatic N) is 1. The summed E-state index contributed by atoms with van der Waals surface area (Å²) in [6.45, 7) is 10.00. The predicted molar refractivity (Wildman–Crippen MR) is 93.3 cm³/mol. The molecule has 2 heteroatoms.